The summed E-state index contributed by atoms with van der Waals surface area (Å²) in [4.78, 5) is 25.9. The van der Waals surface area contributed by atoms with Crippen LogP contribution in [-0.2, 0) is 14.3 Å². The fourth-order valence-electron chi connectivity index (χ4n) is 2.51. The number of piperazine rings is 1. The quantitative estimate of drug-likeness (QED) is 0.741. The second-order valence-corrected chi connectivity index (χ2v) is 5.75. The van der Waals surface area contributed by atoms with E-state index < -0.39 is 6.04 Å². The van der Waals surface area contributed by atoms with E-state index in [1.165, 1.54) is 0 Å². The Morgan fingerprint density at radius 2 is 2.11 bits per heavy atom. The lowest BCUT2D eigenvalue weighted by molar-refractivity contribution is -0.156. The molecule has 0 spiro atoms. The minimum absolute atomic E-state index is 0.0764. The minimum Gasteiger partial charge on any atom is -0.464 e. The van der Waals surface area contributed by atoms with Crippen molar-refractivity contribution in [1.29, 1.82) is 0 Å². The smallest absolute Gasteiger partial charge is 0.330 e. The van der Waals surface area contributed by atoms with E-state index in [-0.39, 0.29) is 23.2 Å². The first kappa shape index (κ1) is 13.3. The fourth-order valence-corrected chi connectivity index (χ4v) is 2.51. The fraction of sp³-hybridized carbons (Fsp3) is 0.846. The van der Waals surface area contributed by atoms with E-state index in [4.69, 9.17) is 4.74 Å². The monoisotopic (exact) mass is 254 g/mol. The van der Waals surface area contributed by atoms with Crippen LogP contribution in [0.15, 0.2) is 0 Å². The van der Waals surface area contributed by atoms with E-state index in [0.717, 1.165) is 13.0 Å². The van der Waals surface area contributed by atoms with Crippen molar-refractivity contribution in [1.82, 2.24) is 10.2 Å². The highest BCUT2D eigenvalue weighted by Gasteiger charge is 2.53. The first-order valence-corrected chi connectivity index (χ1v) is 6.65. The van der Waals surface area contributed by atoms with Crippen LogP contribution in [0.25, 0.3) is 0 Å². The van der Waals surface area contributed by atoms with Crippen molar-refractivity contribution in [2.75, 3.05) is 26.2 Å². The summed E-state index contributed by atoms with van der Waals surface area (Å²) in [6.45, 7) is 8.16. The number of hydrogen-bond acceptors (Lipinski definition) is 4. The maximum atomic E-state index is 12.4. The van der Waals surface area contributed by atoms with Crippen molar-refractivity contribution in [3.63, 3.8) is 0 Å². The van der Waals surface area contributed by atoms with Crippen molar-refractivity contribution in [3.8, 4) is 0 Å². The van der Waals surface area contributed by atoms with Gasteiger partial charge in [-0.25, -0.2) is 4.79 Å². The Morgan fingerprint density at radius 3 is 2.67 bits per heavy atom. The molecule has 1 amide bonds. The van der Waals surface area contributed by atoms with Gasteiger partial charge in [0.05, 0.1) is 6.61 Å². The minimum atomic E-state index is -0.456. The standard InChI is InChI=1S/C13H22N2O3/c1-4-18-12(17)10-8-14-5-6-15(10)11(16)9-7-13(9,2)3/h9-10,14H,4-8H2,1-3H3. The van der Waals surface area contributed by atoms with Crippen molar-refractivity contribution >= 4 is 11.9 Å². The number of hydrogen-bond donors (Lipinski definition) is 1. The third-order valence-electron chi connectivity index (χ3n) is 3.90. The Hall–Kier alpha value is -1.10. The second-order valence-electron chi connectivity index (χ2n) is 5.75. The van der Waals surface area contributed by atoms with E-state index in [1.807, 2.05) is 0 Å². The molecule has 2 unspecified atom stereocenters. The van der Waals surface area contributed by atoms with Crippen molar-refractivity contribution < 1.29 is 14.3 Å². The predicted octanol–water partition coefficient (Wildman–Crippen LogP) is 0.396. The number of amides is 1. The first-order chi connectivity index (χ1) is 8.47. The van der Waals surface area contributed by atoms with Gasteiger partial charge in [0.25, 0.3) is 0 Å². The van der Waals surface area contributed by atoms with E-state index in [2.05, 4.69) is 19.2 Å². The van der Waals surface area contributed by atoms with Gasteiger partial charge in [-0.1, -0.05) is 13.8 Å². The summed E-state index contributed by atoms with van der Waals surface area (Å²) in [5.41, 5.74) is 0.0984. The van der Waals surface area contributed by atoms with Gasteiger partial charge in [-0.05, 0) is 18.8 Å². The van der Waals surface area contributed by atoms with E-state index in [1.54, 1.807) is 11.8 Å². The van der Waals surface area contributed by atoms with Gasteiger partial charge in [-0.15, -0.1) is 0 Å². The highest BCUT2D eigenvalue weighted by molar-refractivity contribution is 5.88. The van der Waals surface area contributed by atoms with Crippen LogP contribution in [-0.4, -0.2) is 49.1 Å². The normalized spacial score (nSPS) is 29.8. The van der Waals surface area contributed by atoms with E-state index in [0.29, 0.717) is 19.7 Å². The number of nitrogens with one attached hydrogen (secondary N) is 1. The van der Waals surface area contributed by atoms with E-state index in [9.17, 15) is 9.59 Å². The van der Waals surface area contributed by atoms with Gasteiger partial charge in [-0.2, -0.15) is 0 Å². The summed E-state index contributed by atoms with van der Waals surface area (Å²) in [6.07, 6.45) is 0.922. The molecule has 1 saturated carbocycles. The zero-order valence-electron chi connectivity index (χ0n) is 11.4. The zero-order chi connectivity index (χ0) is 13.3. The molecule has 0 aromatic rings. The molecule has 1 aliphatic carbocycles. The van der Waals surface area contributed by atoms with Crippen molar-refractivity contribution in [2.24, 2.45) is 11.3 Å². The lowest BCUT2D eigenvalue weighted by atomic mass is 10.1. The number of carbonyl (C=O) groups is 2. The number of rotatable bonds is 3. The Morgan fingerprint density at radius 1 is 1.44 bits per heavy atom. The average Bonchev–Trinajstić information content (AvgIpc) is 2.98. The molecule has 1 N–H and O–H groups in total. The van der Waals surface area contributed by atoms with Crippen molar-refractivity contribution in [2.45, 2.75) is 33.2 Å². The van der Waals surface area contributed by atoms with Gasteiger partial charge in [0.15, 0.2) is 0 Å². The molecule has 2 aliphatic rings. The summed E-state index contributed by atoms with van der Waals surface area (Å²) in [5.74, 6) is -0.108. The molecular weight excluding hydrogens is 232 g/mol. The van der Waals surface area contributed by atoms with Crippen LogP contribution in [0, 0.1) is 11.3 Å². The summed E-state index contributed by atoms with van der Waals surface area (Å²) in [6, 6.07) is -0.456. The zero-order valence-corrected chi connectivity index (χ0v) is 11.4. The molecule has 2 fully saturated rings. The maximum Gasteiger partial charge on any atom is 0.330 e. The molecular formula is C13H22N2O3. The number of ether oxygens (including phenoxy) is 1. The van der Waals surface area contributed by atoms with Crippen LogP contribution in [0.1, 0.15) is 27.2 Å². The van der Waals surface area contributed by atoms with Crippen molar-refractivity contribution in [3.05, 3.63) is 0 Å². The summed E-state index contributed by atoms with van der Waals surface area (Å²) >= 11 is 0. The summed E-state index contributed by atoms with van der Waals surface area (Å²) < 4.78 is 5.04. The van der Waals surface area contributed by atoms with Gasteiger partial charge >= 0.3 is 5.97 Å². The molecule has 0 radical (unpaired) electrons. The Labute approximate surface area is 108 Å². The molecule has 0 aromatic heterocycles. The van der Waals surface area contributed by atoms with Crippen LogP contribution in [0.2, 0.25) is 0 Å². The second kappa shape index (κ2) is 4.88. The third kappa shape index (κ3) is 2.51. The number of esters is 1. The molecule has 102 valence electrons. The SMILES string of the molecule is CCOC(=O)C1CNCCN1C(=O)C1CC1(C)C. The third-order valence-corrected chi connectivity index (χ3v) is 3.90. The average molecular weight is 254 g/mol. The number of nitrogens with zero attached hydrogens (tertiary/aromatic N) is 1. The molecule has 0 bridgehead atoms. The molecule has 2 rings (SSSR count). The molecule has 1 saturated heterocycles. The molecule has 5 heteroatoms. The molecule has 18 heavy (non-hydrogen) atoms. The summed E-state index contributed by atoms with van der Waals surface area (Å²) in [7, 11) is 0. The first-order valence-electron chi connectivity index (χ1n) is 6.65. The van der Waals surface area contributed by atoms with Crippen LogP contribution < -0.4 is 5.32 Å². The highest BCUT2D eigenvalue weighted by atomic mass is 16.5. The van der Waals surface area contributed by atoms with Gasteiger partial charge < -0.3 is 15.0 Å². The van der Waals surface area contributed by atoms with Crippen LogP contribution in [0.3, 0.4) is 0 Å². The highest BCUT2D eigenvalue weighted by Crippen LogP contribution is 2.52. The Balaban J connectivity index is 2.04. The lowest BCUT2D eigenvalue weighted by Crippen LogP contribution is -2.58. The summed E-state index contributed by atoms with van der Waals surface area (Å²) in [5, 5.41) is 3.14. The molecule has 0 aromatic carbocycles. The Kier molecular flexibility index (Phi) is 3.61. The van der Waals surface area contributed by atoms with Crippen LogP contribution in [0.5, 0.6) is 0 Å². The van der Waals surface area contributed by atoms with Gasteiger partial charge in [-0.3, -0.25) is 4.79 Å². The van der Waals surface area contributed by atoms with Gasteiger partial charge in [0, 0.05) is 25.6 Å². The maximum absolute atomic E-state index is 12.4. The molecule has 1 heterocycles. The molecule has 2 atom stereocenters. The van der Waals surface area contributed by atoms with Gasteiger partial charge in [0.2, 0.25) is 5.91 Å². The van der Waals surface area contributed by atoms with E-state index >= 15 is 0 Å². The van der Waals surface area contributed by atoms with Gasteiger partial charge in [0.1, 0.15) is 6.04 Å². The lowest BCUT2D eigenvalue weighted by Gasteiger charge is -2.35. The molecule has 5 nitrogen and oxygen atoms in total. The Bertz CT molecular complexity index is 354. The molecule has 1 aliphatic heterocycles. The topological polar surface area (TPSA) is 58.6 Å². The van der Waals surface area contributed by atoms with Crippen LogP contribution in [0.4, 0.5) is 0 Å². The van der Waals surface area contributed by atoms with Crippen LogP contribution >= 0.6 is 0 Å². The largest absolute Gasteiger partial charge is 0.464 e. The predicted molar refractivity (Wildman–Crippen MR) is 66.9 cm³/mol. The number of carbonyl (C=O) groups excluding carboxylic acids is 2.